The summed E-state index contributed by atoms with van der Waals surface area (Å²) in [7, 11) is 1.51. The number of fused-ring (bicyclic) bond motifs is 1. The summed E-state index contributed by atoms with van der Waals surface area (Å²) in [6.45, 7) is 3.66. The average molecular weight is 354 g/mol. The van der Waals surface area contributed by atoms with Crippen molar-refractivity contribution in [2.45, 2.75) is 20.0 Å². The minimum atomic E-state index is -1.40. The third-order valence-electron chi connectivity index (χ3n) is 3.75. The van der Waals surface area contributed by atoms with Crippen LogP contribution >= 0.6 is 0 Å². The molecule has 1 N–H and O–H groups in total. The van der Waals surface area contributed by atoms with Gasteiger partial charge < -0.3 is 14.6 Å². The van der Waals surface area contributed by atoms with Crippen molar-refractivity contribution in [2.75, 3.05) is 7.11 Å². The highest BCUT2D eigenvalue weighted by Crippen LogP contribution is 2.28. The summed E-state index contributed by atoms with van der Waals surface area (Å²) in [4.78, 5) is 24.3. The lowest BCUT2D eigenvalue weighted by atomic mass is 10.1. The van der Waals surface area contributed by atoms with Crippen LogP contribution in [0.4, 0.5) is 0 Å². The Balaban J connectivity index is 2.45. The van der Waals surface area contributed by atoms with Gasteiger partial charge in [0.2, 0.25) is 11.1 Å². The fourth-order valence-electron chi connectivity index (χ4n) is 2.72. The third-order valence-corrected chi connectivity index (χ3v) is 3.75. The molecule has 7 nitrogen and oxygen atoms in total. The zero-order valence-corrected chi connectivity index (χ0v) is 14.6. The summed E-state index contributed by atoms with van der Waals surface area (Å²) in [6.07, 6.45) is -0.179. The van der Waals surface area contributed by atoms with Crippen LogP contribution in [0.5, 0.6) is 11.5 Å². The largest absolute Gasteiger partial charge is 0.494 e. The Bertz CT molecular complexity index is 1040. The van der Waals surface area contributed by atoms with Crippen LogP contribution in [0.3, 0.4) is 0 Å². The summed E-state index contributed by atoms with van der Waals surface area (Å²) >= 11 is 0. The van der Waals surface area contributed by atoms with Crippen molar-refractivity contribution < 1.29 is 19.4 Å². The minimum absolute atomic E-state index is 0.166. The van der Waals surface area contributed by atoms with Crippen molar-refractivity contribution in [3.05, 3.63) is 58.4 Å². The molecule has 3 aromatic rings. The Kier molecular flexibility index (Phi) is 4.62. The topological polar surface area (TPSA) is 90.7 Å². The molecule has 7 heteroatoms. The Morgan fingerprint density at radius 3 is 2.46 bits per heavy atom. The maximum atomic E-state index is 12.7. The zero-order chi connectivity index (χ0) is 18.8. The maximum Gasteiger partial charge on any atom is 0.360 e. The molecule has 0 aliphatic carbocycles. The second kappa shape index (κ2) is 6.87. The minimum Gasteiger partial charge on any atom is -0.494 e. The molecule has 1 heterocycles. The van der Waals surface area contributed by atoms with Crippen LogP contribution < -0.4 is 14.9 Å². The van der Waals surface area contributed by atoms with Crippen LogP contribution in [0.25, 0.3) is 16.6 Å². The number of rotatable bonds is 5. The Hall–Kier alpha value is -3.35. The van der Waals surface area contributed by atoms with Crippen molar-refractivity contribution in [2.24, 2.45) is 0 Å². The highest BCUT2D eigenvalue weighted by atomic mass is 16.5. The van der Waals surface area contributed by atoms with Crippen molar-refractivity contribution >= 4 is 16.9 Å². The van der Waals surface area contributed by atoms with Gasteiger partial charge in [-0.25, -0.2) is 9.48 Å². The number of hydrogen-bond acceptors (Lipinski definition) is 5. The molecule has 0 fully saturated rings. The quantitative estimate of drug-likeness (QED) is 0.758. The second-order valence-electron chi connectivity index (χ2n) is 5.88. The van der Waals surface area contributed by atoms with E-state index >= 15 is 0 Å². The number of methoxy groups -OCH3 is 1. The first-order chi connectivity index (χ1) is 12.4. The van der Waals surface area contributed by atoms with E-state index < -0.39 is 17.1 Å². The Labute approximate surface area is 149 Å². The van der Waals surface area contributed by atoms with Crippen molar-refractivity contribution in [1.82, 2.24) is 9.78 Å². The molecule has 0 saturated carbocycles. The molecule has 134 valence electrons. The SMILES string of the molecule is COc1ccccc1-n1nc(C(=O)O)c(=O)c2c(OC(C)C)cccc21. The molecule has 26 heavy (non-hydrogen) atoms. The molecule has 0 bridgehead atoms. The monoisotopic (exact) mass is 354 g/mol. The van der Waals surface area contributed by atoms with Crippen LogP contribution in [-0.4, -0.2) is 34.1 Å². The van der Waals surface area contributed by atoms with Crippen molar-refractivity contribution in [1.29, 1.82) is 0 Å². The third kappa shape index (κ3) is 2.99. The van der Waals surface area contributed by atoms with Crippen LogP contribution in [0.1, 0.15) is 24.3 Å². The van der Waals surface area contributed by atoms with E-state index in [0.29, 0.717) is 22.7 Å². The van der Waals surface area contributed by atoms with Gasteiger partial charge in [0.05, 0.1) is 24.1 Å². The lowest BCUT2D eigenvalue weighted by Crippen LogP contribution is -2.23. The first kappa shape index (κ1) is 17.5. The molecular formula is C19H18N2O5. The van der Waals surface area contributed by atoms with Gasteiger partial charge in [0.15, 0.2) is 0 Å². The lowest BCUT2D eigenvalue weighted by Gasteiger charge is -2.16. The van der Waals surface area contributed by atoms with E-state index in [-0.39, 0.29) is 11.5 Å². The molecule has 0 atom stereocenters. The van der Waals surface area contributed by atoms with Crippen LogP contribution in [0, 0.1) is 0 Å². The smallest absolute Gasteiger partial charge is 0.360 e. The van der Waals surface area contributed by atoms with Gasteiger partial charge in [-0.05, 0) is 38.1 Å². The number of aromatic nitrogens is 2. The van der Waals surface area contributed by atoms with E-state index in [0.717, 1.165) is 0 Å². The van der Waals surface area contributed by atoms with E-state index in [4.69, 9.17) is 9.47 Å². The molecule has 0 amide bonds. The van der Waals surface area contributed by atoms with Gasteiger partial charge in [-0.15, -0.1) is 0 Å². The number of benzene rings is 2. The highest BCUT2D eigenvalue weighted by molar-refractivity contribution is 5.93. The summed E-state index contributed by atoms with van der Waals surface area (Å²) in [5.74, 6) is -0.590. The number of ether oxygens (including phenoxy) is 2. The molecule has 0 saturated heterocycles. The van der Waals surface area contributed by atoms with Gasteiger partial charge in [0.25, 0.3) is 0 Å². The normalized spacial score (nSPS) is 10.9. The average Bonchev–Trinajstić information content (AvgIpc) is 2.61. The number of carboxylic acids is 1. The standard InChI is InChI=1S/C19H18N2O5/c1-11(2)26-15-10-6-8-13-16(15)18(22)17(19(23)24)20-21(13)12-7-4-5-9-14(12)25-3/h4-11H,1-3H3,(H,23,24). The van der Waals surface area contributed by atoms with E-state index in [1.54, 1.807) is 42.5 Å². The molecule has 0 aliphatic heterocycles. The van der Waals surface area contributed by atoms with E-state index in [1.807, 2.05) is 13.8 Å². The molecule has 0 unspecified atom stereocenters. The summed E-state index contributed by atoms with van der Waals surface area (Å²) < 4.78 is 12.5. The first-order valence-electron chi connectivity index (χ1n) is 8.03. The number of nitrogens with zero attached hydrogens (tertiary/aromatic N) is 2. The van der Waals surface area contributed by atoms with E-state index in [2.05, 4.69) is 5.10 Å². The lowest BCUT2D eigenvalue weighted by molar-refractivity contribution is 0.0687. The van der Waals surface area contributed by atoms with Crippen LogP contribution in [0.15, 0.2) is 47.3 Å². The molecule has 3 rings (SSSR count). The zero-order valence-electron chi connectivity index (χ0n) is 14.6. The van der Waals surface area contributed by atoms with E-state index in [1.165, 1.54) is 11.8 Å². The van der Waals surface area contributed by atoms with Gasteiger partial charge in [0, 0.05) is 0 Å². The molecule has 1 aromatic heterocycles. The number of aromatic carboxylic acids is 1. The van der Waals surface area contributed by atoms with Gasteiger partial charge >= 0.3 is 5.97 Å². The molecular weight excluding hydrogens is 336 g/mol. The van der Waals surface area contributed by atoms with Gasteiger partial charge in [-0.2, -0.15) is 5.10 Å². The summed E-state index contributed by atoms with van der Waals surface area (Å²) in [5.41, 5.74) is -0.315. The first-order valence-corrected chi connectivity index (χ1v) is 8.03. The number of carbonyl (C=O) groups is 1. The highest BCUT2D eigenvalue weighted by Gasteiger charge is 2.21. The Morgan fingerprint density at radius 1 is 1.12 bits per heavy atom. The maximum absolute atomic E-state index is 12.7. The number of para-hydroxylation sites is 2. The summed E-state index contributed by atoms with van der Waals surface area (Å²) in [5, 5.41) is 13.7. The van der Waals surface area contributed by atoms with Gasteiger partial charge in [0.1, 0.15) is 17.2 Å². The molecule has 0 aliphatic rings. The van der Waals surface area contributed by atoms with Crippen LogP contribution in [0.2, 0.25) is 0 Å². The predicted octanol–water partition coefficient (Wildman–Crippen LogP) is 2.88. The fourth-order valence-corrected chi connectivity index (χ4v) is 2.72. The van der Waals surface area contributed by atoms with Crippen molar-refractivity contribution in [3.8, 4) is 17.2 Å². The molecule has 0 radical (unpaired) electrons. The molecule has 0 spiro atoms. The predicted molar refractivity (Wildman–Crippen MR) is 96.6 cm³/mol. The second-order valence-corrected chi connectivity index (χ2v) is 5.88. The van der Waals surface area contributed by atoms with E-state index in [9.17, 15) is 14.7 Å². The number of carboxylic acid groups (broad SMARTS) is 1. The fraction of sp³-hybridized carbons (Fsp3) is 0.211. The number of hydrogen-bond donors (Lipinski definition) is 1. The van der Waals surface area contributed by atoms with Gasteiger partial charge in [-0.1, -0.05) is 18.2 Å². The van der Waals surface area contributed by atoms with Gasteiger partial charge in [-0.3, -0.25) is 4.79 Å². The summed E-state index contributed by atoms with van der Waals surface area (Å²) in [6, 6.07) is 12.1. The van der Waals surface area contributed by atoms with Crippen molar-refractivity contribution in [3.63, 3.8) is 0 Å². The Morgan fingerprint density at radius 2 is 1.81 bits per heavy atom. The molecule has 2 aromatic carbocycles. The van der Waals surface area contributed by atoms with Crippen LogP contribution in [-0.2, 0) is 0 Å².